The molecule has 0 amide bonds. The Morgan fingerprint density at radius 1 is 0.611 bits per heavy atom. The molecule has 170 valence electrons. The predicted octanol–water partition coefficient (Wildman–Crippen LogP) is 8.77. The maximum atomic E-state index is 6.34. The fourth-order valence-electron chi connectivity index (χ4n) is 6.67. The van der Waals surface area contributed by atoms with Gasteiger partial charge >= 0.3 is 0 Å². The zero-order valence-electron chi connectivity index (χ0n) is 19.5. The van der Waals surface area contributed by atoms with Gasteiger partial charge in [-0.25, -0.2) is 0 Å². The van der Waals surface area contributed by atoms with Crippen molar-refractivity contribution in [3.63, 3.8) is 0 Å². The summed E-state index contributed by atoms with van der Waals surface area (Å²) in [6.45, 7) is 0. The summed E-state index contributed by atoms with van der Waals surface area (Å²) in [4.78, 5) is 2.57. The van der Waals surface area contributed by atoms with E-state index in [-0.39, 0.29) is 0 Å². The average molecular weight is 464 g/mol. The number of hydrogen-bond acceptors (Lipinski definition) is 3. The minimum Gasteiger partial charge on any atom is -0.456 e. The van der Waals surface area contributed by atoms with E-state index in [1.165, 1.54) is 49.6 Å². The van der Waals surface area contributed by atoms with Crippen LogP contribution in [0, 0.1) is 0 Å². The molecule has 5 aromatic carbocycles. The Morgan fingerprint density at radius 3 is 2.31 bits per heavy atom. The standard InChI is InChI=1S/C33H21NO2/c1-3-10-28-24(6-1)25-9-5-8-23(33(25)36-28)19-12-14-27-21(16-19)18-22-17-20-13-15-30-31(32(20)34(22)27)26-7-2-4-11-29(26)35-30/h1-16,22H,17-18H2. The second-order valence-corrected chi connectivity index (χ2v) is 10.1. The minimum atomic E-state index is 0.450. The third-order valence-corrected chi connectivity index (χ3v) is 8.17. The zero-order chi connectivity index (χ0) is 23.4. The molecule has 2 aliphatic heterocycles. The van der Waals surface area contributed by atoms with E-state index >= 15 is 0 Å². The van der Waals surface area contributed by atoms with Crippen molar-refractivity contribution < 1.29 is 8.83 Å². The predicted molar refractivity (Wildman–Crippen MR) is 146 cm³/mol. The van der Waals surface area contributed by atoms with E-state index in [2.05, 4.69) is 83.8 Å². The molecular formula is C33H21NO2. The Balaban J connectivity index is 1.23. The topological polar surface area (TPSA) is 29.5 Å². The SMILES string of the molecule is c1ccc2c(c1)oc1c(-c3ccc4c(c3)CC3Cc5ccc6oc7ccccc7c6c5N43)cccc12. The monoisotopic (exact) mass is 463 g/mol. The molecule has 2 aliphatic rings. The van der Waals surface area contributed by atoms with Crippen molar-refractivity contribution in [3.8, 4) is 11.1 Å². The van der Waals surface area contributed by atoms with Gasteiger partial charge in [-0.15, -0.1) is 0 Å². The van der Waals surface area contributed by atoms with Crippen molar-refractivity contribution in [2.75, 3.05) is 4.90 Å². The number of hydrogen-bond donors (Lipinski definition) is 0. The molecule has 0 radical (unpaired) electrons. The average Bonchev–Trinajstić information content (AvgIpc) is 3.65. The molecule has 1 atom stereocenters. The molecule has 0 fully saturated rings. The van der Waals surface area contributed by atoms with Gasteiger partial charge in [0.1, 0.15) is 22.3 Å². The van der Waals surface area contributed by atoms with Gasteiger partial charge < -0.3 is 13.7 Å². The van der Waals surface area contributed by atoms with Gasteiger partial charge in [0.15, 0.2) is 0 Å². The van der Waals surface area contributed by atoms with Crippen molar-refractivity contribution in [2.24, 2.45) is 0 Å². The summed E-state index contributed by atoms with van der Waals surface area (Å²) in [5.74, 6) is 0. The summed E-state index contributed by atoms with van der Waals surface area (Å²) in [5.41, 5.74) is 11.7. The van der Waals surface area contributed by atoms with Gasteiger partial charge in [-0.1, -0.05) is 66.7 Å². The molecule has 0 spiro atoms. The van der Waals surface area contributed by atoms with E-state index in [0.717, 1.165) is 40.7 Å². The van der Waals surface area contributed by atoms with Crippen LogP contribution in [-0.2, 0) is 12.8 Å². The Labute approximate surface area is 207 Å². The van der Waals surface area contributed by atoms with E-state index in [1.54, 1.807) is 0 Å². The lowest BCUT2D eigenvalue weighted by molar-refractivity contribution is 0.669. The molecule has 0 saturated carbocycles. The molecule has 2 aromatic heterocycles. The lowest BCUT2D eigenvalue weighted by Crippen LogP contribution is -2.22. The van der Waals surface area contributed by atoms with Crippen molar-refractivity contribution in [2.45, 2.75) is 18.9 Å². The van der Waals surface area contributed by atoms with Crippen LogP contribution in [0.4, 0.5) is 11.4 Å². The Kier molecular flexibility index (Phi) is 3.43. The summed E-state index contributed by atoms with van der Waals surface area (Å²) >= 11 is 0. The second-order valence-electron chi connectivity index (χ2n) is 10.1. The highest BCUT2D eigenvalue weighted by molar-refractivity contribution is 6.14. The van der Waals surface area contributed by atoms with Gasteiger partial charge in [0.25, 0.3) is 0 Å². The van der Waals surface area contributed by atoms with Crippen LogP contribution in [0.1, 0.15) is 11.1 Å². The van der Waals surface area contributed by atoms with Crippen LogP contribution in [0.5, 0.6) is 0 Å². The summed E-state index contributed by atoms with van der Waals surface area (Å²) in [6, 6.07) is 35.0. The van der Waals surface area contributed by atoms with Crippen LogP contribution in [0.2, 0.25) is 0 Å². The highest BCUT2D eigenvalue weighted by atomic mass is 16.3. The van der Waals surface area contributed by atoms with Crippen molar-refractivity contribution >= 4 is 55.3 Å². The quantitative estimate of drug-likeness (QED) is 0.244. The third-order valence-electron chi connectivity index (χ3n) is 8.17. The van der Waals surface area contributed by atoms with Crippen molar-refractivity contribution in [1.29, 1.82) is 0 Å². The number of nitrogens with zero attached hydrogens (tertiary/aromatic N) is 1. The first-order chi connectivity index (χ1) is 17.8. The van der Waals surface area contributed by atoms with Crippen molar-refractivity contribution in [3.05, 3.63) is 108 Å². The number of fused-ring (bicyclic) bond motifs is 12. The third kappa shape index (κ3) is 2.33. The first kappa shape index (κ1) is 18.8. The Bertz CT molecular complexity index is 2030. The van der Waals surface area contributed by atoms with Gasteiger partial charge in [0.05, 0.1) is 11.1 Å². The number of furan rings is 2. The molecule has 3 nitrogen and oxygen atoms in total. The van der Waals surface area contributed by atoms with E-state index in [0.29, 0.717) is 6.04 Å². The number of anilines is 2. The Morgan fingerprint density at radius 2 is 1.39 bits per heavy atom. The maximum absolute atomic E-state index is 6.34. The summed E-state index contributed by atoms with van der Waals surface area (Å²) in [6.07, 6.45) is 2.11. The van der Waals surface area contributed by atoms with Crippen LogP contribution in [0.25, 0.3) is 55.0 Å². The molecule has 1 unspecified atom stereocenters. The molecule has 4 heterocycles. The summed E-state index contributed by atoms with van der Waals surface area (Å²) in [5, 5.41) is 4.79. The highest BCUT2D eigenvalue weighted by Gasteiger charge is 2.39. The molecule has 0 saturated heterocycles. The molecule has 36 heavy (non-hydrogen) atoms. The van der Waals surface area contributed by atoms with E-state index in [1.807, 2.05) is 18.2 Å². The fourth-order valence-corrected chi connectivity index (χ4v) is 6.67. The number of para-hydroxylation sites is 3. The van der Waals surface area contributed by atoms with Gasteiger partial charge in [-0.05, 0) is 59.9 Å². The molecule has 0 aliphatic carbocycles. The van der Waals surface area contributed by atoms with Crippen LogP contribution in [0.3, 0.4) is 0 Å². The van der Waals surface area contributed by atoms with Gasteiger partial charge in [0.2, 0.25) is 0 Å². The molecular weight excluding hydrogens is 442 g/mol. The first-order valence-electron chi connectivity index (χ1n) is 12.6. The minimum absolute atomic E-state index is 0.450. The normalized spacial score (nSPS) is 16.3. The van der Waals surface area contributed by atoms with Crippen LogP contribution >= 0.6 is 0 Å². The fraction of sp³-hybridized carbons (Fsp3) is 0.0909. The summed E-state index contributed by atoms with van der Waals surface area (Å²) < 4.78 is 12.6. The largest absolute Gasteiger partial charge is 0.456 e. The molecule has 7 aromatic rings. The molecule has 9 rings (SSSR count). The lowest BCUT2D eigenvalue weighted by Gasteiger charge is -2.21. The van der Waals surface area contributed by atoms with Gasteiger partial charge in [-0.2, -0.15) is 0 Å². The first-order valence-corrected chi connectivity index (χ1v) is 12.6. The highest BCUT2D eigenvalue weighted by Crippen LogP contribution is 2.51. The Hall–Kier alpha value is -4.50. The van der Waals surface area contributed by atoms with E-state index < -0.39 is 0 Å². The molecule has 0 N–H and O–H groups in total. The smallest absolute Gasteiger partial charge is 0.143 e. The van der Waals surface area contributed by atoms with Crippen LogP contribution in [0.15, 0.2) is 106 Å². The maximum Gasteiger partial charge on any atom is 0.143 e. The van der Waals surface area contributed by atoms with Gasteiger partial charge in [0, 0.05) is 33.5 Å². The van der Waals surface area contributed by atoms with Crippen molar-refractivity contribution in [1.82, 2.24) is 0 Å². The van der Waals surface area contributed by atoms with Crippen LogP contribution in [-0.4, -0.2) is 6.04 Å². The summed E-state index contributed by atoms with van der Waals surface area (Å²) in [7, 11) is 0. The molecule has 0 bridgehead atoms. The number of benzene rings is 5. The number of rotatable bonds is 1. The zero-order valence-corrected chi connectivity index (χ0v) is 19.5. The molecule has 3 heteroatoms. The second kappa shape index (κ2) is 6.58. The van der Waals surface area contributed by atoms with E-state index in [4.69, 9.17) is 8.83 Å². The van der Waals surface area contributed by atoms with Gasteiger partial charge in [-0.3, -0.25) is 0 Å². The van der Waals surface area contributed by atoms with Crippen LogP contribution < -0.4 is 4.90 Å². The lowest BCUT2D eigenvalue weighted by atomic mass is 9.97. The van der Waals surface area contributed by atoms with E-state index in [9.17, 15) is 0 Å².